The van der Waals surface area contributed by atoms with Gasteiger partial charge in [-0.25, -0.2) is 0 Å². The van der Waals surface area contributed by atoms with E-state index in [1.165, 1.54) is 22.5 Å². The zero-order valence-electron chi connectivity index (χ0n) is 15.3. The normalized spacial score (nSPS) is 12.1. The number of hydrogen-bond acceptors (Lipinski definition) is 2. The Morgan fingerprint density at radius 1 is 0.609 bits per heavy atom. The summed E-state index contributed by atoms with van der Waals surface area (Å²) in [5.74, 6) is 0. The number of benzene rings is 2. The van der Waals surface area contributed by atoms with E-state index in [0.29, 0.717) is 0 Å². The SMILES string of the molecule is C[Si](C)(C)Nc1ccccc1Cc1ccccc1N[Si](C)(C)C. The molecule has 0 heterocycles. The fourth-order valence-corrected chi connectivity index (χ4v) is 4.71. The third-order valence-electron chi connectivity index (χ3n) is 3.43. The predicted octanol–water partition coefficient (Wildman–Crippen LogP) is 5.77. The highest BCUT2D eigenvalue weighted by Crippen LogP contribution is 2.26. The maximum absolute atomic E-state index is 3.76. The summed E-state index contributed by atoms with van der Waals surface area (Å²) in [7, 11) is -2.71. The molecule has 0 fully saturated rings. The molecule has 0 unspecified atom stereocenters. The number of rotatable bonds is 6. The Labute approximate surface area is 143 Å². The van der Waals surface area contributed by atoms with E-state index >= 15 is 0 Å². The molecule has 0 atom stereocenters. The van der Waals surface area contributed by atoms with Gasteiger partial charge in [-0.2, -0.15) is 0 Å². The van der Waals surface area contributed by atoms with Crippen molar-refractivity contribution < 1.29 is 0 Å². The molecule has 4 heteroatoms. The topological polar surface area (TPSA) is 24.1 Å². The van der Waals surface area contributed by atoms with Crippen LogP contribution in [-0.2, 0) is 6.42 Å². The van der Waals surface area contributed by atoms with Crippen molar-refractivity contribution in [2.45, 2.75) is 45.7 Å². The van der Waals surface area contributed by atoms with Gasteiger partial charge in [-0.05, 0) is 23.3 Å². The number of hydrogen-bond donors (Lipinski definition) is 2. The van der Waals surface area contributed by atoms with E-state index in [-0.39, 0.29) is 0 Å². The molecule has 0 aliphatic heterocycles. The number of para-hydroxylation sites is 2. The molecule has 0 aliphatic carbocycles. The molecule has 0 amide bonds. The van der Waals surface area contributed by atoms with Crippen LogP contribution in [0.3, 0.4) is 0 Å². The molecule has 0 spiro atoms. The maximum atomic E-state index is 3.76. The van der Waals surface area contributed by atoms with Crippen molar-refractivity contribution >= 4 is 27.8 Å². The zero-order valence-corrected chi connectivity index (χ0v) is 17.3. The van der Waals surface area contributed by atoms with E-state index in [4.69, 9.17) is 0 Å². The Bertz CT molecular complexity index is 597. The van der Waals surface area contributed by atoms with Gasteiger partial charge in [-0.3, -0.25) is 0 Å². The Kier molecular flexibility index (Phi) is 5.37. The first-order valence-electron chi connectivity index (χ1n) is 8.36. The standard InChI is InChI=1S/C19H30N2Si2/c1-22(2,3)20-18-13-9-7-11-16(18)15-17-12-8-10-14-19(17)21-23(4,5)6/h7-14,20-21H,15H2,1-6H3. The van der Waals surface area contributed by atoms with E-state index in [0.717, 1.165) is 6.42 Å². The molecule has 2 nitrogen and oxygen atoms in total. The zero-order chi connectivity index (χ0) is 17.1. The van der Waals surface area contributed by atoms with Gasteiger partial charge in [0.1, 0.15) is 16.5 Å². The summed E-state index contributed by atoms with van der Waals surface area (Å²) in [5.41, 5.74) is 5.32. The lowest BCUT2D eigenvalue weighted by Crippen LogP contribution is -2.33. The van der Waals surface area contributed by atoms with Crippen molar-refractivity contribution in [3.05, 3.63) is 59.7 Å². The second-order valence-electron chi connectivity index (χ2n) is 8.24. The van der Waals surface area contributed by atoms with Gasteiger partial charge in [-0.1, -0.05) is 75.7 Å². The van der Waals surface area contributed by atoms with Crippen LogP contribution in [0, 0.1) is 0 Å². The number of anilines is 2. The quantitative estimate of drug-likeness (QED) is 0.651. The van der Waals surface area contributed by atoms with Crippen LogP contribution in [0.4, 0.5) is 11.4 Å². The Balaban J connectivity index is 2.30. The maximum Gasteiger partial charge on any atom is 0.144 e. The van der Waals surface area contributed by atoms with Crippen LogP contribution in [0.15, 0.2) is 48.5 Å². The van der Waals surface area contributed by atoms with Crippen LogP contribution in [0.2, 0.25) is 39.3 Å². The second-order valence-corrected chi connectivity index (χ2v) is 17.7. The van der Waals surface area contributed by atoms with E-state index in [1.54, 1.807) is 0 Å². The molecule has 0 radical (unpaired) electrons. The monoisotopic (exact) mass is 342 g/mol. The second kappa shape index (κ2) is 6.93. The van der Waals surface area contributed by atoms with Gasteiger partial charge in [0.15, 0.2) is 0 Å². The van der Waals surface area contributed by atoms with Gasteiger partial charge in [0.2, 0.25) is 0 Å². The van der Waals surface area contributed by atoms with Crippen molar-refractivity contribution in [1.82, 2.24) is 0 Å². The largest absolute Gasteiger partial charge is 0.411 e. The van der Waals surface area contributed by atoms with Crippen LogP contribution in [0.1, 0.15) is 11.1 Å². The van der Waals surface area contributed by atoms with Crippen LogP contribution >= 0.6 is 0 Å². The molecule has 124 valence electrons. The highest BCUT2D eigenvalue weighted by atomic mass is 28.3. The van der Waals surface area contributed by atoms with Gasteiger partial charge in [0.05, 0.1) is 0 Å². The average Bonchev–Trinajstić information content (AvgIpc) is 2.40. The molecule has 2 rings (SSSR count). The third-order valence-corrected chi connectivity index (χ3v) is 5.47. The summed E-state index contributed by atoms with van der Waals surface area (Å²) in [6.45, 7) is 14.0. The van der Waals surface area contributed by atoms with Crippen LogP contribution in [0.25, 0.3) is 0 Å². The molecule has 0 aromatic heterocycles. The fraction of sp³-hybridized carbons (Fsp3) is 0.368. The third kappa shape index (κ3) is 5.88. The lowest BCUT2D eigenvalue weighted by molar-refractivity contribution is 1.19. The van der Waals surface area contributed by atoms with E-state index < -0.39 is 16.5 Å². The van der Waals surface area contributed by atoms with Crippen LogP contribution < -0.4 is 9.96 Å². The lowest BCUT2D eigenvalue weighted by atomic mass is 10.0. The molecule has 2 aromatic carbocycles. The molecule has 0 aliphatic rings. The van der Waals surface area contributed by atoms with Crippen LogP contribution in [0.5, 0.6) is 0 Å². The van der Waals surface area contributed by atoms with Crippen molar-refractivity contribution in [3.8, 4) is 0 Å². The summed E-state index contributed by atoms with van der Waals surface area (Å²) in [6, 6.07) is 17.4. The molecular weight excluding hydrogens is 312 g/mol. The number of nitrogens with one attached hydrogen (secondary N) is 2. The summed E-state index contributed by atoms with van der Waals surface area (Å²) in [4.78, 5) is 7.53. The predicted molar refractivity (Wildman–Crippen MR) is 110 cm³/mol. The fourth-order valence-electron chi connectivity index (χ4n) is 2.61. The molecular formula is C19H30N2Si2. The van der Waals surface area contributed by atoms with E-state index in [9.17, 15) is 0 Å². The summed E-state index contributed by atoms with van der Waals surface area (Å²) in [6.07, 6.45) is 0.960. The van der Waals surface area contributed by atoms with Crippen molar-refractivity contribution in [1.29, 1.82) is 0 Å². The Morgan fingerprint density at radius 3 is 1.30 bits per heavy atom. The van der Waals surface area contributed by atoms with Gasteiger partial charge in [-0.15, -0.1) is 0 Å². The molecule has 2 N–H and O–H groups in total. The van der Waals surface area contributed by atoms with Gasteiger partial charge in [0, 0.05) is 17.8 Å². The van der Waals surface area contributed by atoms with E-state index in [1.807, 2.05) is 0 Å². The first-order chi connectivity index (χ1) is 10.6. The highest BCUT2D eigenvalue weighted by Gasteiger charge is 2.17. The molecule has 0 bridgehead atoms. The first-order valence-corrected chi connectivity index (χ1v) is 15.4. The van der Waals surface area contributed by atoms with Crippen molar-refractivity contribution in [2.24, 2.45) is 0 Å². The Hall–Kier alpha value is -1.53. The molecule has 23 heavy (non-hydrogen) atoms. The van der Waals surface area contributed by atoms with Crippen molar-refractivity contribution in [2.75, 3.05) is 9.96 Å². The lowest BCUT2D eigenvalue weighted by Gasteiger charge is -2.24. The smallest absolute Gasteiger partial charge is 0.144 e. The Morgan fingerprint density at radius 2 is 0.957 bits per heavy atom. The molecule has 0 saturated carbocycles. The summed E-state index contributed by atoms with van der Waals surface area (Å²) in [5, 5.41) is 0. The highest BCUT2D eigenvalue weighted by molar-refractivity contribution is 6.79. The summed E-state index contributed by atoms with van der Waals surface area (Å²) >= 11 is 0. The molecule has 2 aromatic rings. The first kappa shape index (κ1) is 17.8. The van der Waals surface area contributed by atoms with Gasteiger partial charge >= 0.3 is 0 Å². The van der Waals surface area contributed by atoms with Gasteiger partial charge in [0.25, 0.3) is 0 Å². The minimum absolute atomic E-state index is 0.960. The molecule has 0 saturated heterocycles. The average molecular weight is 343 g/mol. The van der Waals surface area contributed by atoms with Crippen molar-refractivity contribution in [3.63, 3.8) is 0 Å². The minimum atomic E-state index is -1.36. The minimum Gasteiger partial charge on any atom is -0.411 e. The summed E-state index contributed by atoms with van der Waals surface area (Å²) < 4.78 is 0. The van der Waals surface area contributed by atoms with Gasteiger partial charge < -0.3 is 9.96 Å². The van der Waals surface area contributed by atoms with Crippen LogP contribution in [-0.4, -0.2) is 16.5 Å². The van der Waals surface area contributed by atoms with E-state index in [2.05, 4.69) is 97.8 Å².